The van der Waals surface area contributed by atoms with Gasteiger partial charge in [-0.25, -0.2) is 4.98 Å². The van der Waals surface area contributed by atoms with E-state index < -0.39 is 0 Å². The van der Waals surface area contributed by atoms with Gasteiger partial charge in [0, 0.05) is 11.6 Å². The van der Waals surface area contributed by atoms with Crippen LogP contribution in [0.25, 0.3) is 5.65 Å². The van der Waals surface area contributed by atoms with Crippen LogP contribution in [0.3, 0.4) is 0 Å². The summed E-state index contributed by atoms with van der Waals surface area (Å²) in [5.74, 6) is 1.28. The topological polar surface area (TPSA) is 43.3 Å². The number of aryl methyl sites for hydroxylation is 1. The van der Waals surface area contributed by atoms with E-state index in [1.165, 1.54) is 0 Å². The Kier molecular flexibility index (Phi) is 2.86. The highest BCUT2D eigenvalue weighted by molar-refractivity contribution is 5.55. The van der Waals surface area contributed by atoms with Crippen molar-refractivity contribution in [1.82, 2.24) is 9.38 Å². The van der Waals surface area contributed by atoms with Crippen LogP contribution in [0.1, 0.15) is 44.0 Å². The summed E-state index contributed by atoms with van der Waals surface area (Å²) in [6, 6.07) is 6.09. The Hall–Kier alpha value is -1.51. The SMILES string of the molecule is CCC(CC)c1nc2cccc(C)n2c1N. The molecule has 0 atom stereocenters. The number of nitrogen functional groups attached to an aromatic ring is 1. The van der Waals surface area contributed by atoms with Crippen LogP contribution in [0.15, 0.2) is 18.2 Å². The molecule has 2 N–H and O–H groups in total. The van der Waals surface area contributed by atoms with Gasteiger partial charge in [0.25, 0.3) is 0 Å². The van der Waals surface area contributed by atoms with Crippen molar-refractivity contribution in [2.75, 3.05) is 5.73 Å². The van der Waals surface area contributed by atoms with E-state index in [9.17, 15) is 0 Å². The molecule has 0 amide bonds. The second-order valence-corrected chi connectivity index (χ2v) is 4.26. The number of anilines is 1. The molecule has 0 unspecified atom stereocenters. The van der Waals surface area contributed by atoms with Crippen molar-refractivity contribution >= 4 is 11.5 Å². The third-order valence-corrected chi connectivity index (χ3v) is 3.28. The van der Waals surface area contributed by atoms with E-state index in [-0.39, 0.29) is 0 Å². The lowest BCUT2D eigenvalue weighted by Crippen LogP contribution is -2.02. The van der Waals surface area contributed by atoms with E-state index in [0.29, 0.717) is 5.92 Å². The van der Waals surface area contributed by atoms with Crippen molar-refractivity contribution < 1.29 is 0 Å². The molecule has 16 heavy (non-hydrogen) atoms. The standard InChI is InChI=1S/C13H19N3/c1-4-10(5-2)12-13(14)16-9(3)7-6-8-11(16)15-12/h6-8,10H,4-5,14H2,1-3H3. The second kappa shape index (κ2) is 4.16. The fraction of sp³-hybridized carbons (Fsp3) is 0.462. The fourth-order valence-corrected chi connectivity index (χ4v) is 2.27. The monoisotopic (exact) mass is 217 g/mol. The van der Waals surface area contributed by atoms with Crippen molar-refractivity contribution in [3.63, 3.8) is 0 Å². The molecule has 2 aromatic heterocycles. The van der Waals surface area contributed by atoms with E-state index in [2.05, 4.69) is 31.8 Å². The Morgan fingerprint density at radius 2 is 2.00 bits per heavy atom. The molecule has 0 radical (unpaired) electrons. The number of hydrogen-bond donors (Lipinski definition) is 1. The van der Waals surface area contributed by atoms with Crippen molar-refractivity contribution in [3.8, 4) is 0 Å². The zero-order chi connectivity index (χ0) is 11.7. The third kappa shape index (κ3) is 1.56. The number of rotatable bonds is 3. The Bertz CT molecular complexity index is 495. The predicted molar refractivity (Wildman–Crippen MR) is 67.7 cm³/mol. The molecule has 2 heterocycles. The number of imidazole rings is 1. The molecule has 0 saturated carbocycles. The fourth-order valence-electron chi connectivity index (χ4n) is 2.27. The van der Waals surface area contributed by atoms with E-state index >= 15 is 0 Å². The first-order chi connectivity index (χ1) is 7.69. The molecule has 0 bridgehead atoms. The van der Waals surface area contributed by atoms with Gasteiger partial charge < -0.3 is 5.73 Å². The highest BCUT2D eigenvalue weighted by atomic mass is 15.1. The van der Waals surface area contributed by atoms with Crippen LogP contribution >= 0.6 is 0 Å². The summed E-state index contributed by atoms with van der Waals surface area (Å²) in [5.41, 5.74) is 9.34. The van der Waals surface area contributed by atoms with Gasteiger partial charge in [0.05, 0.1) is 5.69 Å². The van der Waals surface area contributed by atoms with Gasteiger partial charge in [0.15, 0.2) is 0 Å². The molecular weight excluding hydrogens is 198 g/mol. The van der Waals surface area contributed by atoms with Crippen LogP contribution in [0.5, 0.6) is 0 Å². The number of aromatic nitrogens is 2. The summed E-state index contributed by atoms with van der Waals surface area (Å²) in [7, 11) is 0. The number of fused-ring (bicyclic) bond motifs is 1. The van der Waals surface area contributed by atoms with E-state index in [1.807, 2.05) is 16.5 Å². The van der Waals surface area contributed by atoms with Crippen molar-refractivity contribution in [2.45, 2.75) is 39.5 Å². The Labute approximate surface area is 96.3 Å². The minimum atomic E-state index is 0.472. The summed E-state index contributed by atoms with van der Waals surface area (Å²) in [6.07, 6.45) is 2.17. The molecule has 0 fully saturated rings. The zero-order valence-corrected chi connectivity index (χ0v) is 10.2. The maximum atomic E-state index is 6.19. The minimum absolute atomic E-state index is 0.472. The molecule has 0 aromatic carbocycles. The number of nitrogens with two attached hydrogens (primary N) is 1. The van der Waals surface area contributed by atoms with Crippen LogP contribution in [-0.2, 0) is 0 Å². The normalized spacial score (nSPS) is 11.5. The molecule has 3 nitrogen and oxygen atoms in total. The summed E-state index contributed by atoms with van der Waals surface area (Å²) in [6.45, 7) is 6.43. The van der Waals surface area contributed by atoms with Gasteiger partial charge in [0.1, 0.15) is 11.5 Å². The molecule has 0 spiro atoms. The van der Waals surface area contributed by atoms with Gasteiger partial charge in [-0.3, -0.25) is 4.40 Å². The molecular formula is C13H19N3. The number of nitrogens with zero attached hydrogens (tertiary/aromatic N) is 2. The number of pyridine rings is 1. The van der Waals surface area contributed by atoms with Crippen LogP contribution in [0.4, 0.5) is 5.82 Å². The lowest BCUT2D eigenvalue weighted by atomic mass is 10.00. The van der Waals surface area contributed by atoms with E-state index in [4.69, 9.17) is 5.73 Å². The van der Waals surface area contributed by atoms with Gasteiger partial charge >= 0.3 is 0 Å². The second-order valence-electron chi connectivity index (χ2n) is 4.26. The smallest absolute Gasteiger partial charge is 0.138 e. The summed E-state index contributed by atoms with van der Waals surface area (Å²) in [4.78, 5) is 4.65. The van der Waals surface area contributed by atoms with Crippen molar-refractivity contribution in [1.29, 1.82) is 0 Å². The highest BCUT2D eigenvalue weighted by Gasteiger charge is 2.17. The molecule has 2 rings (SSSR count). The van der Waals surface area contributed by atoms with Crippen LogP contribution in [-0.4, -0.2) is 9.38 Å². The first-order valence-corrected chi connectivity index (χ1v) is 5.92. The van der Waals surface area contributed by atoms with Gasteiger partial charge in [0.2, 0.25) is 0 Å². The lowest BCUT2D eigenvalue weighted by Gasteiger charge is -2.09. The van der Waals surface area contributed by atoms with E-state index in [0.717, 1.165) is 35.7 Å². The minimum Gasteiger partial charge on any atom is -0.383 e. The average molecular weight is 217 g/mol. The highest BCUT2D eigenvalue weighted by Crippen LogP contribution is 2.28. The Balaban J connectivity index is 2.64. The maximum absolute atomic E-state index is 6.19. The predicted octanol–water partition coefficient (Wildman–Crippen LogP) is 3.13. The van der Waals surface area contributed by atoms with Crippen molar-refractivity contribution in [2.24, 2.45) is 0 Å². The molecule has 0 aliphatic heterocycles. The summed E-state index contributed by atoms with van der Waals surface area (Å²) in [5, 5.41) is 0. The van der Waals surface area contributed by atoms with Gasteiger partial charge in [-0.05, 0) is 31.9 Å². The first kappa shape index (κ1) is 11.0. The molecule has 0 aliphatic rings. The third-order valence-electron chi connectivity index (χ3n) is 3.28. The van der Waals surface area contributed by atoms with Crippen LogP contribution in [0, 0.1) is 6.92 Å². The molecule has 2 aromatic rings. The molecule has 3 heteroatoms. The maximum Gasteiger partial charge on any atom is 0.138 e. The quantitative estimate of drug-likeness (QED) is 0.858. The lowest BCUT2D eigenvalue weighted by molar-refractivity contribution is 0.629. The first-order valence-electron chi connectivity index (χ1n) is 5.92. The van der Waals surface area contributed by atoms with Crippen LogP contribution in [0.2, 0.25) is 0 Å². The van der Waals surface area contributed by atoms with E-state index in [1.54, 1.807) is 0 Å². The van der Waals surface area contributed by atoms with Gasteiger partial charge in [-0.1, -0.05) is 19.9 Å². The van der Waals surface area contributed by atoms with Gasteiger partial charge in [-0.15, -0.1) is 0 Å². The van der Waals surface area contributed by atoms with Crippen LogP contribution < -0.4 is 5.73 Å². The molecule has 0 aliphatic carbocycles. The van der Waals surface area contributed by atoms with Crippen molar-refractivity contribution in [3.05, 3.63) is 29.6 Å². The number of hydrogen-bond acceptors (Lipinski definition) is 2. The zero-order valence-electron chi connectivity index (χ0n) is 10.2. The average Bonchev–Trinajstić information content (AvgIpc) is 2.60. The largest absolute Gasteiger partial charge is 0.383 e. The Morgan fingerprint density at radius 1 is 1.31 bits per heavy atom. The molecule has 86 valence electrons. The summed E-state index contributed by atoms with van der Waals surface area (Å²) < 4.78 is 2.04. The molecule has 0 saturated heterocycles. The summed E-state index contributed by atoms with van der Waals surface area (Å²) >= 11 is 0. The Morgan fingerprint density at radius 3 is 2.56 bits per heavy atom. The van der Waals surface area contributed by atoms with Gasteiger partial charge in [-0.2, -0.15) is 0 Å².